The van der Waals surface area contributed by atoms with Crippen molar-refractivity contribution in [3.63, 3.8) is 0 Å². The molecule has 0 aromatic heterocycles. The van der Waals surface area contributed by atoms with E-state index in [0.717, 1.165) is 11.1 Å². The average Bonchev–Trinajstić information content (AvgIpc) is 3.28. The van der Waals surface area contributed by atoms with Crippen LogP contribution in [0.3, 0.4) is 0 Å². The third-order valence-corrected chi connectivity index (χ3v) is 6.04. The van der Waals surface area contributed by atoms with Crippen LogP contribution in [0, 0.1) is 11.8 Å². The number of benzene rings is 2. The van der Waals surface area contributed by atoms with E-state index in [1.54, 1.807) is 31.2 Å². The topological polar surface area (TPSA) is 66.8 Å². The first-order valence-corrected chi connectivity index (χ1v) is 9.04. The van der Waals surface area contributed by atoms with Crippen LogP contribution in [-0.4, -0.2) is 34.7 Å². The highest BCUT2D eigenvalue weighted by Gasteiger charge is 2.72. The van der Waals surface area contributed by atoms with Gasteiger partial charge in [0, 0.05) is 0 Å². The normalized spacial score (nSPS) is 33.8. The number of carbonyl (C=O) groups is 2. The number of imide groups is 1. The quantitative estimate of drug-likeness (QED) is 0.674. The molecule has 0 radical (unpaired) electrons. The SMILES string of the molecule is C[C@@]12C=C[C@@](CO)(O1)[C@@H]1C(=O)N(c3ccc(-c4ccccc4)cc3)C(=O)[C@H]12. The van der Waals surface area contributed by atoms with Gasteiger partial charge in [0.2, 0.25) is 11.8 Å². The number of carbonyl (C=O) groups excluding carboxylic acids is 2. The lowest BCUT2D eigenvalue weighted by atomic mass is 9.73. The highest BCUT2D eigenvalue weighted by molar-refractivity contribution is 6.23. The molecule has 0 aliphatic carbocycles. The highest BCUT2D eigenvalue weighted by Crippen LogP contribution is 2.57. The summed E-state index contributed by atoms with van der Waals surface area (Å²) in [5.41, 5.74) is 0.698. The van der Waals surface area contributed by atoms with E-state index in [-0.39, 0.29) is 18.4 Å². The van der Waals surface area contributed by atoms with Crippen LogP contribution < -0.4 is 4.90 Å². The molecule has 0 saturated carbocycles. The molecule has 0 spiro atoms. The molecule has 2 aromatic carbocycles. The number of rotatable bonds is 3. The smallest absolute Gasteiger partial charge is 0.241 e. The van der Waals surface area contributed by atoms with Gasteiger partial charge in [-0.1, -0.05) is 54.6 Å². The van der Waals surface area contributed by atoms with E-state index in [0.29, 0.717) is 5.69 Å². The molecule has 2 aromatic rings. The molecule has 2 saturated heterocycles. The molecule has 2 amide bonds. The number of hydrogen-bond donors (Lipinski definition) is 1. The number of nitrogens with zero attached hydrogens (tertiary/aromatic N) is 1. The van der Waals surface area contributed by atoms with Gasteiger partial charge in [-0.15, -0.1) is 0 Å². The minimum absolute atomic E-state index is 0.264. The predicted octanol–water partition coefficient (Wildman–Crippen LogP) is 2.55. The van der Waals surface area contributed by atoms with E-state index in [1.165, 1.54) is 4.90 Å². The Morgan fingerprint density at radius 3 is 2.22 bits per heavy atom. The summed E-state index contributed by atoms with van der Waals surface area (Å²) < 4.78 is 5.94. The average molecular weight is 361 g/mol. The number of hydrogen-bond acceptors (Lipinski definition) is 4. The minimum atomic E-state index is -1.09. The molecule has 1 N–H and O–H groups in total. The number of aliphatic hydroxyl groups is 1. The van der Waals surface area contributed by atoms with Gasteiger partial charge in [0.05, 0.1) is 29.7 Å². The molecule has 4 atom stereocenters. The Labute approximate surface area is 156 Å². The van der Waals surface area contributed by atoms with Gasteiger partial charge < -0.3 is 9.84 Å². The van der Waals surface area contributed by atoms with Crippen molar-refractivity contribution in [1.82, 2.24) is 0 Å². The van der Waals surface area contributed by atoms with Crippen LogP contribution in [0.1, 0.15) is 6.92 Å². The lowest BCUT2D eigenvalue weighted by Gasteiger charge is -2.27. The van der Waals surface area contributed by atoms with Gasteiger partial charge >= 0.3 is 0 Å². The molecule has 0 unspecified atom stereocenters. The maximum Gasteiger partial charge on any atom is 0.241 e. The van der Waals surface area contributed by atoms with Crippen LogP contribution in [0.5, 0.6) is 0 Å². The van der Waals surface area contributed by atoms with Gasteiger partial charge in [-0.05, 0) is 30.2 Å². The molecule has 2 fully saturated rings. The summed E-state index contributed by atoms with van der Waals surface area (Å²) in [5.74, 6) is -1.85. The Hall–Kier alpha value is -2.76. The van der Waals surface area contributed by atoms with Gasteiger partial charge in [-0.2, -0.15) is 0 Å². The van der Waals surface area contributed by atoms with Crippen LogP contribution in [0.4, 0.5) is 5.69 Å². The lowest BCUT2D eigenvalue weighted by Crippen LogP contribution is -2.43. The first kappa shape index (κ1) is 16.4. The molecular formula is C22H19NO4. The van der Waals surface area contributed by atoms with Crippen molar-refractivity contribution in [3.05, 3.63) is 66.7 Å². The standard InChI is InChI=1S/C22H19NO4/c1-21-11-12-22(13-24,27-21)18-17(21)19(25)23(20(18)26)16-9-7-15(8-10-16)14-5-3-2-4-6-14/h2-12,17-18,24H,13H2,1H3/t17-,18-,21-,22-/m0/s1. The van der Waals surface area contributed by atoms with Crippen molar-refractivity contribution in [2.24, 2.45) is 11.8 Å². The zero-order chi connectivity index (χ0) is 18.8. The number of amides is 2. The third-order valence-electron chi connectivity index (χ3n) is 6.04. The van der Waals surface area contributed by atoms with Crippen LogP contribution >= 0.6 is 0 Å². The van der Waals surface area contributed by atoms with Crippen molar-refractivity contribution in [2.75, 3.05) is 11.5 Å². The van der Waals surface area contributed by atoms with Crippen molar-refractivity contribution in [2.45, 2.75) is 18.1 Å². The van der Waals surface area contributed by atoms with Gasteiger partial charge in [-0.25, -0.2) is 4.90 Å². The molecule has 5 rings (SSSR count). The molecule has 5 heteroatoms. The number of fused-ring (bicyclic) bond motifs is 5. The van der Waals surface area contributed by atoms with Crippen molar-refractivity contribution >= 4 is 17.5 Å². The fourth-order valence-corrected chi connectivity index (χ4v) is 4.73. The monoisotopic (exact) mass is 361 g/mol. The summed E-state index contributed by atoms with van der Waals surface area (Å²) in [6.07, 6.45) is 3.54. The van der Waals surface area contributed by atoms with Gasteiger partial charge in [-0.3, -0.25) is 9.59 Å². The van der Waals surface area contributed by atoms with Gasteiger partial charge in [0.1, 0.15) is 5.60 Å². The molecule has 136 valence electrons. The van der Waals surface area contributed by atoms with Gasteiger partial charge in [0.25, 0.3) is 0 Å². The first-order chi connectivity index (χ1) is 13.0. The second-order valence-electron chi connectivity index (χ2n) is 7.61. The summed E-state index contributed by atoms with van der Waals surface area (Å²) in [6, 6.07) is 17.3. The second-order valence-corrected chi connectivity index (χ2v) is 7.61. The molecule has 3 heterocycles. The van der Waals surface area contributed by atoms with E-state index in [4.69, 9.17) is 4.74 Å². The summed E-state index contributed by atoms with van der Waals surface area (Å²) >= 11 is 0. The Kier molecular flexibility index (Phi) is 3.27. The van der Waals surface area contributed by atoms with E-state index in [2.05, 4.69) is 0 Å². The molecule has 27 heavy (non-hydrogen) atoms. The van der Waals surface area contributed by atoms with Crippen LogP contribution in [0.15, 0.2) is 66.7 Å². The van der Waals surface area contributed by atoms with Crippen LogP contribution in [0.25, 0.3) is 11.1 Å². The highest BCUT2D eigenvalue weighted by atomic mass is 16.5. The van der Waals surface area contributed by atoms with Crippen LogP contribution in [0.2, 0.25) is 0 Å². The Morgan fingerprint density at radius 1 is 0.926 bits per heavy atom. The van der Waals surface area contributed by atoms with Crippen LogP contribution in [-0.2, 0) is 14.3 Å². The van der Waals surface area contributed by atoms with Crippen molar-refractivity contribution in [3.8, 4) is 11.1 Å². The Morgan fingerprint density at radius 2 is 1.56 bits per heavy atom. The minimum Gasteiger partial charge on any atom is -0.393 e. The predicted molar refractivity (Wildman–Crippen MR) is 99.8 cm³/mol. The fraction of sp³-hybridized carbons (Fsp3) is 0.273. The lowest BCUT2D eigenvalue weighted by molar-refractivity contribution is -0.131. The molecule has 3 aliphatic rings. The maximum atomic E-state index is 13.1. The molecule has 5 nitrogen and oxygen atoms in total. The van der Waals surface area contributed by atoms with Crippen molar-refractivity contribution < 1.29 is 19.4 Å². The maximum absolute atomic E-state index is 13.1. The fourth-order valence-electron chi connectivity index (χ4n) is 4.73. The van der Waals surface area contributed by atoms with E-state index in [9.17, 15) is 14.7 Å². The summed E-state index contributed by atoms with van der Waals surface area (Å²) in [5, 5.41) is 9.87. The zero-order valence-electron chi connectivity index (χ0n) is 14.8. The summed E-state index contributed by atoms with van der Waals surface area (Å²) in [6.45, 7) is 1.48. The second kappa shape index (κ2) is 5.38. The number of anilines is 1. The molecular weight excluding hydrogens is 342 g/mol. The molecule has 3 aliphatic heterocycles. The zero-order valence-corrected chi connectivity index (χ0v) is 14.8. The molecule has 2 bridgehead atoms. The Bertz CT molecular complexity index is 968. The van der Waals surface area contributed by atoms with Crippen molar-refractivity contribution in [1.29, 1.82) is 0 Å². The summed E-state index contributed by atoms with van der Waals surface area (Å²) in [4.78, 5) is 27.5. The Balaban J connectivity index is 1.51. The largest absolute Gasteiger partial charge is 0.393 e. The van der Waals surface area contributed by atoms with E-state index < -0.39 is 23.0 Å². The number of aliphatic hydroxyl groups excluding tert-OH is 1. The first-order valence-electron chi connectivity index (χ1n) is 9.04. The number of ether oxygens (including phenoxy) is 1. The van der Waals surface area contributed by atoms with E-state index in [1.807, 2.05) is 42.5 Å². The summed E-state index contributed by atoms with van der Waals surface area (Å²) in [7, 11) is 0. The van der Waals surface area contributed by atoms with E-state index >= 15 is 0 Å². The van der Waals surface area contributed by atoms with Gasteiger partial charge in [0.15, 0.2) is 0 Å². The third kappa shape index (κ3) is 2.07.